The van der Waals surface area contributed by atoms with Gasteiger partial charge in [-0.15, -0.1) is 12.4 Å². The van der Waals surface area contributed by atoms with Crippen molar-refractivity contribution < 1.29 is 14.3 Å². The van der Waals surface area contributed by atoms with E-state index >= 15 is 0 Å². The molecule has 0 aliphatic heterocycles. The summed E-state index contributed by atoms with van der Waals surface area (Å²) in [6.07, 6.45) is 0.607. The Hall–Kier alpha value is -1.82. The standard InChI is InChI=1S/C18H24N2O3.ClH/c1-18(2,3)14-6-4-12(5-7-14)16(21)10-20-17(22)13-8-15(9-19)23-11-13;/h4-8,11,16,21H,9-10,19H2,1-3H3,(H,20,22);1H. The third-order valence-electron chi connectivity index (χ3n) is 3.73. The van der Waals surface area contributed by atoms with Crippen molar-refractivity contribution in [3.8, 4) is 0 Å². The number of furan rings is 1. The fraction of sp³-hybridized carbons (Fsp3) is 0.389. The Bertz CT molecular complexity index is 660. The molecule has 1 unspecified atom stereocenters. The van der Waals surface area contributed by atoms with Crippen molar-refractivity contribution in [3.05, 3.63) is 59.0 Å². The predicted octanol–water partition coefficient (Wildman–Crippen LogP) is 2.92. The average molecular weight is 353 g/mol. The lowest BCUT2D eigenvalue weighted by Crippen LogP contribution is -2.28. The molecule has 0 fully saturated rings. The van der Waals surface area contributed by atoms with Crippen LogP contribution in [0.5, 0.6) is 0 Å². The minimum atomic E-state index is -0.756. The summed E-state index contributed by atoms with van der Waals surface area (Å²) in [7, 11) is 0. The van der Waals surface area contributed by atoms with E-state index in [-0.39, 0.29) is 36.8 Å². The van der Waals surface area contributed by atoms with Gasteiger partial charge in [0.15, 0.2) is 0 Å². The van der Waals surface area contributed by atoms with E-state index in [0.29, 0.717) is 11.3 Å². The molecule has 0 radical (unpaired) electrons. The maximum absolute atomic E-state index is 12.0. The summed E-state index contributed by atoms with van der Waals surface area (Å²) >= 11 is 0. The van der Waals surface area contributed by atoms with Gasteiger partial charge in [-0.3, -0.25) is 4.79 Å². The van der Waals surface area contributed by atoms with Gasteiger partial charge in [-0.25, -0.2) is 0 Å². The summed E-state index contributed by atoms with van der Waals surface area (Å²) in [5.74, 6) is 0.257. The summed E-state index contributed by atoms with van der Waals surface area (Å²) in [4.78, 5) is 12.0. The zero-order valence-electron chi connectivity index (χ0n) is 14.2. The molecular formula is C18H25ClN2O3. The number of halogens is 1. The first-order chi connectivity index (χ1) is 10.8. The minimum absolute atomic E-state index is 0. The van der Waals surface area contributed by atoms with E-state index in [2.05, 4.69) is 26.1 Å². The molecular weight excluding hydrogens is 328 g/mol. The molecule has 0 bridgehead atoms. The molecule has 1 aromatic carbocycles. The van der Waals surface area contributed by atoms with Crippen molar-refractivity contribution in [1.29, 1.82) is 0 Å². The van der Waals surface area contributed by atoms with Gasteiger partial charge in [0.2, 0.25) is 0 Å². The predicted molar refractivity (Wildman–Crippen MR) is 96.3 cm³/mol. The lowest BCUT2D eigenvalue weighted by atomic mass is 9.86. The quantitative estimate of drug-likeness (QED) is 0.772. The number of amides is 1. The lowest BCUT2D eigenvalue weighted by molar-refractivity contribution is 0.0915. The van der Waals surface area contributed by atoms with Crippen molar-refractivity contribution in [2.24, 2.45) is 5.73 Å². The summed E-state index contributed by atoms with van der Waals surface area (Å²) in [5, 5.41) is 12.9. The van der Waals surface area contributed by atoms with Gasteiger partial charge in [0.1, 0.15) is 12.0 Å². The van der Waals surface area contributed by atoms with Crippen LogP contribution in [0, 0.1) is 0 Å². The average Bonchev–Trinajstić information content (AvgIpc) is 3.00. The first-order valence-electron chi connectivity index (χ1n) is 7.65. The number of aliphatic hydroxyl groups excluding tert-OH is 1. The summed E-state index contributed by atoms with van der Waals surface area (Å²) in [6, 6.07) is 9.39. The summed E-state index contributed by atoms with van der Waals surface area (Å²) < 4.78 is 5.12. The van der Waals surface area contributed by atoms with Crippen LogP contribution in [-0.2, 0) is 12.0 Å². The molecule has 0 aliphatic rings. The topological polar surface area (TPSA) is 88.5 Å². The highest BCUT2D eigenvalue weighted by Gasteiger charge is 2.16. The number of aliphatic hydroxyl groups is 1. The normalized spacial score (nSPS) is 12.4. The van der Waals surface area contributed by atoms with Crippen LogP contribution in [-0.4, -0.2) is 17.6 Å². The molecule has 5 nitrogen and oxygen atoms in total. The van der Waals surface area contributed by atoms with E-state index in [9.17, 15) is 9.90 Å². The molecule has 0 saturated carbocycles. The number of nitrogens with one attached hydrogen (secondary N) is 1. The highest BCUT2D eigenvalue weighted by Crippen LogP contribution is 2.23. The van der Waals surface area contributed by atoms with E-state index in [1.54, 1.807) is 6.07 Å². The van der Waals surface area contributed by atoms with Crippen LogP contribution >= 0.6 is 12.4 Å². The molecule has 0 aliphatic carbocycles. The van der Waals surface area contributed by atoms with Gasteiger partial charge in [-0.1, -0.05) is 45.0 Å². The smallest absolute Gasteiger partial charge is 0.254 e. The number of nitrogens with two attached hydrogens (primary N) is 1. The molecule has 24 heavy (non-hydrogen) atoms. The monoisotopic (exact) mass is 352 g/mol. The second-order valence-corrected chi connectivity index (χ2v) is 6.60. The van der Waals surface area contributed by atoms with Crippen molar-refractivity contribution in [3.63, 3.8) is 0 Å². The van der Waals surface area contributed by atoms with Gasteiger partial charge in [-0.2, -0.15) is 0 Å². The van der Waals surface area contributed by atoms with Gasteiger partial charge in [0.25, 0.3) is 5.91 Å². The van der Waals surface area contributed by atoms with E-state index < -0.39 is 6.10 Å². The van der Waals surface area contributed by atoms with Crippen molar-refractivity contribution in [2.45, 2.75) is 38.8 Å². The molecule has 6 heteroatoms. The number of hydrogen-bond donors (Lipinski definition) is 3. The number of carbonyl (C=O) groups excluding carboxylic acids is 1. The lowest BCUT2D eigenvalue weighted by Gasteiger charge is -2.20. The molecule has 1 heterocycles. The highest BCUT2D eigenvalue weighted by atomic mass is 35.5. The maximum atomic E-state index is 12.0. The molecule has 132 valence electrons. The van der Waals surface area contributed by atoms with Gasteiger partial charge >= 0.3 is 0 Å². The Labute approximate surface area is 148 Å². The Morgan fingerprint density at radius 2 is 1.92 bits per heavy atom. The van der Waals surface area contributed by atoms with Crippen LogP contribution in [0.25, 0.3) is 0 Å². The molecule has 4 N–H and O–H groups in total. The Kier molecular flexibility index (Phi) is 7.02. The maximum Gasteiger partial charge on any atom is 0.254 e. The first kappa shape index (κ1) is 20.2. The van der Waals surface area contributed by atoms with Crippen LogP contribution < -0.4 is 11.1 Å². The third kappa shape index (κ3) is 5.09. The summed E-state index contributed by atoms with van der Waals surface area (Å²) in [6.45, 7) is 6.80. The minimum Gasteiger partial charge on any atom is -0.467 e. The Balaban J connectivity index is 0.00000288. The second kappa shape index (κ2) is 8.33. The Morgan fingerprint density at radius 1 is 1.29 bits per heavy atom. The fourth-order valence-electron chi connectivity index (χ4n) is 2.22. The fourth-order valence-corrected chi connectivity index (χ4v) is 2.22. The third-order valence-corrected chi connectivity index (χ3v) is 3.73. The zero-order chi connectivity index (χ0) is 17.0. The number of hydrogen-bond acceptors (Lipinski definition) is 4. The van der Waals surface area contributed by atoms with Crippen molar-refractivity contribution >= 4 is 18.3 Å². The van der Waals surface area contributed by atoms with E-state index in [0.717, 1.165) is 5.56 Å². The van der Waals surface area contributed by atoms with Crippen LogP contribution in [0.2, 0.25) is 0 Å². The van der Waals surface area contributed by atoms with Crippen molar-refractivity contribution in [2.75, 3.05) is 6.54 Å². The molecule has 1 amide bonds. The SMILES string of the molecule is CC(C)(C)c1ccc(C(O)CNC(=O)c2coc(CN)c2)cc1.Cl. The highest BCUT2D eigenvalue weighted by molar-refractivity contribution is 5.93. The largest absolute Gasteiger partial charge is 0.467 e. The van der Waals surface area contributed by atoms with Gasteiger partial charge in [0, 0.05) is 6.54 Å². The molecule has 2 aromatic rings. The Morgan fingerprint density at radius 3 is 2.42 bits per heavy atom. The summed E-state index contributed by atoms with van der Waals surface area (Å²) in [5.41, 5.74) is 7.88. The number of benzene rings is 1. The second-order valence-electron chi connectivity index (χ2n) is 6.60. The van der Waals surface area contributed by atoms with Crippen LogP contribution in [0.3, 0.4) is 0 Å². The van der Waals surface area contributed by atoms with E-state index in [4.69, 9.17) is 10.2 Å². The van der Waals surface area contributed by atoms with Gasteiger partial charge in [0.05, 0.1) is 18.2 Å². The van der Waals surface area contributed by atoms with Gasteiger partial charge in [-0.05, 0) is 22.6 Å². The zero-order valence-corrected chi connectivity index (χ0v) is 15.0. The molecule has 2 rings (SSSR count). The van der Waals surface area contributed by atoms with Crippen molar-refractivity contribution in [1.82, 2.24) is 5.32 Å². The number of carbonyl (C=O) groups is 1. The molecule has 1 aromatic heterocycles. The first-order valence-corrected chi connectivity index (χ1v) is 7.65. The van der Waals surface area contributed by atoms with Crippen LogP contribution in [0.1, 0.15) is 54.1 Å². The molecule has 1 atom stereocenters. The van der Waals surface area contributed by atoms with E-state index in [1.165, 1.54) is 11.8 Å². The van der Waals surface area contributed by atoms with Crippen LogP contribution in [0.4, 0.5) is 0 Å². The van der Waals surface area contributed by atoms with E-state index in [1.807, 2.05) is 24.3 Å². The molecule has 0 spiro atoms. The van der Waals surface area contributed by atoms with Crippen LogP contribution in [0.15, 0.2) is 41.0 Å². The number of rotatable bonds is 5. The van der Waals surface area contributed by atoms with Gasteiger partial charge < -0.3 is 20.6 Å². The molecule has 0 saturated heterocycles.